The van der Waals surface area contributed by atoms with Gasteiger partial charge in [-0.15, -0.1) is 0 Å². The molecule has 1 saturated heterocycles. The molecule has 3 atom stereocenters. The second kappa shape index (κ2) is 5.11. The smallest absolute Gasteiger partial charge is 0.303 e. The number of ether oxygens (including phenoxy) is 1. The molecule has 3 nitrogen and oxygen atoms in total. The topological polar surface area (TPSA) is 30.7 Å². The Bertz CT molecular complexity index is 406. The summed E-state index contributed by atoms with van der Waals surface area (Å²) in [5.74, 6) is 0.360. The minimum atomic E-state index is -0.450. The van der Waals surface area contributed by atoms with Gasteiger partial charge >= 0.3 is 5.97 Å². The van der Waals surface area contributed by atoms with E-state index in [1.807, 2.05) is 18.2 Å². The third-order valence-corrected chi connectivity index (χ3v) is 3.60. The molecule has 0 saturated carbocycles. The highest BCUT2D eigenvalue weighted by atomic mass is 16.6. The summed E-state index contributed by atoms with van der Waals surface area (Å²) >= 11 is 0. The van der Waals surface area contributed by atoms with Crippen LogP contribution in [0, 0.1) is 5.92 Å². The summed E-state index contributed by atoms with van der Waals surface area (Å²) in [7, 11) is 2.16. The summed E-state index contributed by atoms with van der Waals surface area (Å²) in [5.41, 5.74) is 0.667. The average molecular weight is 248 g/mol. The number of rotatable bonds is 2. The fourth-order valence-electron chi connectivity index (χ4n) is 3.24. The Morgan fingerprint density at radius 3 is 2.61 bits per heavy atom. The fraction of sp³-hybridized carbons (Fsp3) is 0.533. The Kier molecular flexibility index (Phi) is 3.71. The van der Waals surface area contributed by atoms with Gasteiger partial charge in [0, 0.05) is 24.8 Å². The van der Waals surface area contributed by atoms with Crippen LogP contribution in [0.5, 0.6) is 0 Å². The molecule has 0 aliphatic carbocycles. The Hall–Kier alpha value is -1.35. The van der Waals surface area contributed by atoms with Gasteiger partial charge in [0.2, 0.25) is 0 Å². The van der Waals surface area contributed by atoms with Crippen LogP contribution in [0.1, 0.15) is 25.8 Å². The number of esters is 1. The molecule has 3 heteroatoms. The van der Waals surface area contributed by atoms with Gasteiger partial charge in [-0.05, 0) is 0 Å². The molecule has 18 heavy (non-hydrogen) atoms. The van der Waals surface area contributed by atoms with Gasteiger partial charge < -0.3 is 9.64 Å². The number of hydrogen-bond acceptors (Lipinski definition) is 2. The number of benzene rings is 1. The predicted molar refractivity (Wildman–Crippen MR) is 70.3 cm³/mol. The molecule has 0 radical (unpaired) electrons. The summed E-state index contributed by atoms with van der Waals surface area (Å²) in [6, 6.07) is 10.1. The number of likely N-dealkylation sites (N-methyl/N-ethyl adjacent to an activating group) is 1. The predicted octanol–water partition coefficient (Wildman–Crippen LogP) is 0.999. The first kappa shape index (κ1) is 13.1. The second-order valence-corrected chi connectivity index (χ2v) is 5.60. The van der Waals surface area contributed by atoms with E-state index in [4.69, 9.17) is 4.74 Å². The number of nitrogens with one attached hydrogen (secondary N) is 1. The van der Waals surface area contributed by atoms with E-state index in [0.717, 1.165) is 25.1 Å². The average Bonchev–Trinajstić information content (AvgIpc) is 2.27. The van der Waals surface area contributed by atoms with E-state index in [0.29, 0.717) is 5.92 Å². The standard InChI is InChI=1S/C15H21NO2/c1-12-9-15(18-13(2)17,11-16(3)10-12)14-7-5-4-6-8-14/h4-8,12H,9-11H2,1-3H3/p+1/t12-,15+/m0/s1. The maximum atomic E-state index is 11.5. The second-order valence-electron chi connectivity index (χ2n) is 5.60. The first-order valence-corrected chi connectivity index (χ1v) is 6.58. The molecule has 0 aromatic heterocycles. The van der Waals surface area contributed by atoms with Crippen LogP contribution in [0.2, 0.25) is 0 Å². The largest absolute Gasteiger partial charge is 0.448 e. The van der Waals surface area contributed by atoms with Crippen LogP contribution in [0.4, 0.5) is 0 Å². The maximum absolute atomic E-state index is 11.5. The lowest BCUT2D eigenvalue weighted by Gasteiger charge is -2.41. The number of carbonyl (C=O) groups excluding carboxylic acids is 1. The Labute approximate surface area is 109 Å². The molecule has 1 N–H and O–H groups in total. The Morgan fingerprint density at radius 2 is 2.06 bits per heavy atom. The quantitative estimate of drug-likeness (QED) is 0.792. The summed E-state index contributed by atoms with van der Waals surface area (Å²) in [6.45, 7) is 5.71. The zero-order chi connectivity index (χ0) is 13.2. The van der Waals surface area contributed by atoms with Gasteiger partial charge in [-0.1, -0.05) is 37.3 Å². The molecular formula is C15H22NO2+. The van der Waals surface area contributed by atoms with Gasteiger partial charge in [-0.2, -0.15) is 0 Å². The number of likely N-dealkylation sites (tertiary alicyclic amines) is 1. The molecule has 1 aromatic carbocycles. The van der Waals surface area contributed by atoms with Crippen molar-refractivity contribution in [1.29, 1.82) is 0 Å². The molecule has 98 valence electrons. The SMILES string of the molecule is CC(=O)O[C@]1(c2ccccc2)C[C@H](C)C[NH+](C)C1. The molecule has 1 unspecified atom stereocenters. The lowest BCUT2D eigenvalue weighted by Crippen LogP contribution is -3.12. The van der Waals surface area contributed by atoms with Crippen molar-refractivity contribution in [3.05, 3.63) is 35.9 Å². The first-order valence-electron chi connectivity index (χ1n) is 6.58. The van der Waals surface area contributed by atoms with E-state index in [-0.39, 0.29) is 5.97 Å². The molecule has 2 rings (SSSR count). The van der Waals surface area contributed by atoms with E-state index >= 15 is 0 Å². The number of carbonyl (C=O) groups is 1. The van der Waals surface area contributed by atoms with Crippen LogP contribution < -0.4 is 4.90 Å². The molecule has 1 aliphatic heterocycles. The van der Waals surface area contributed by atoms with Crippen molar-refractivity contribution in [2.24, 2.45) is 5.92 Å². The van der Waals surface area contributed by atoms with Crippen LogP contribution in [-0.4, -0.2) is 26.1 Å². The van der Waals surface area contributed by atoms with Crippen LogP contribution in [0.3, 0.4) is 0 Å². The molecule has 1 heterocycles. The van der Waals surface area contributed by atoms with Crippen LogP contribution in [-0.2, 0) is 15.1 Å². The lowest BCUT2D eigenvalue weighted by molar-refractivity contribution is -0.897. The van der Waals surface area contributed by atoms with E-state index in [9.17, 15) is 4.79 Å². The lowest BCUT2D eigenvalue weighted by atomic mass is 9.81. The van der Waals surface area contributed by atoms with Gasteiger partial charge in [0.1, 0.15) is 6.54 Å². The van der Waals surface area contributed by atoms with Gasteiger partial charge in [0.05, 0.1) is 13.6 Å². The molecule has 0 bridgehead atoms. The zero-order valence-electron chi connectivity index (χ0n) is 11.4. The Balaban J connectivity index is 2.37. The van der Waals surface area contributed by atoms with Gasteiger partial charge in [0.15, 0.2) is 5.60 Å². The van der Waals surface area contributed by atoms with Crippen molar-refractivity contribution >= 4 is 5.97 Å². The van der Waals surface area contributed by atoms with E-state index in [1.54, 1.807) is 0 Å². The van der Waals surface area contributed by atoms with Crippen molar-refractivity contribution in [2.45, 2.75) is 25.9 Å². The zero-order valence-corrected chi connectivity index (χ0v) is 11.4. The highest BCUT2D eigenvalue weighted by Crippen LogP contribution is 2.33. The fourth-order valence-corrected chi connectivity index (χ4v) is 3.24. The monoisotopic (exact) mass is 248 g/mol. The van der Waals surface area contributed by atoms with E-state index in [2.05, 4.69) is 26.1 Å². The van der Waals surface area contributed by atoms with Gasteiger partial charge in [-0.25, -0.2) is 0 Å². The van der Waals surface area contributed by atoms with Crippen molar-refractivity contribution in [3.63, 3.8) is 0 Å². The highest BCUT2D eigenvalue weighted by Gasteiger charge is 2.44. The van der Waals surface area contributed by atoms with Crippen LogP contribution in [0.25, 0.3) is 0 Å². The molecule has 1 aromatic rings. The maximum Gasteiger partial charge on any atom is 0.303 e. The van der Waals surface area contributed by atoms with Crippen molar-refractivity contribution < 1.29 is 14.4 Å². The number of hydrogen-bond donors (Lipinski definition) is 1. The van der Waals surface area contributed by atoms with Gasteiger partial charge in [0.25, 0.3) is 0 Å². The molecule has 1 fully saturated rings. The van der Waals surface area contributed by atoms with Crippen LogP contribution in [0.15, 0.2) is 30.3 Å². The molecule has 1 aliphatic rings. The molecule has 0 spiro atoms. The third-order valence-electron chi connectivity index (χ3n) is 3.60. The minimum absolute atomic E-state index is 0.194. The summed E-state index contributed by atoms with van der Waals surface area (Å²) in [5, 5.41) is 0. The normalized spacial score (nSPS) is 31.9. The minimum Gasteiger partial charge on any atom is -0.448 e. The number of piperidine rings is 1. The third kappa shape index (κ3) is 2.72. The first-order chi connectivity index (χ1) is 8.52. The molecule has 0 amide bonds. The van der Waals surface area contributed by atoms with Gasteiger partial charge in [-0.3, -0.25) is 4.79 Å². The number of quaternary nitrogens is 1. The van der Waals surface area contributed by atoms with Crippen molar-refractivity contribution in [2.75, 3.05) is 20.1 Å². The summed E-state index contributed by atoms with van der Waals surface area (Å²) in [6.07, 6.45) is 0.911. The van der Waals surface area contributed by atoms with E-state index in [1.165, 1.54) is 11.8 Å². The summed E-state index contributed by atoms with van der Waals surface area (Å²) in [4.78, 5) is 12.9. The Morgan fingerprint density at radius 1 is 1.39 bits per heavy atom. The summed E-state index contributed by atoms with van der Waals surface area (Å²) < 4.78 is 5.75. The van der Waals surface area contributed by atoms with Crippen molar-refractivity contribution in [1.82, 2.24) is 0 Å². The van der Waals surface area contributed by atoms with Crippen LogP contribution >= 0.6 is 0 Å². The van der Waals surface area contributed by atoms with Crippen molar-refractivity contribution in [3.8, 4) is 0 Å². The van der Waals surface area contributed by atoms with E-state index < -0.39 is 5.60 Å². The highest BCUT2D eigenvalue weighted by molar-refractivity contribution is 5.67. The molecular weight excluding hydrogens is 226 g/mol.